The van der Waals surface area contributed by atoms with Crippen LogP contribution in [-0.4, -0.2) is 27.8 Å². The van der Waals surface area contributed by atoms with Gasteiger partial charge in [0, 0.05) is 4.47 Å². The number of sulfone groups is 1. The summed E-state index contributed by atoms with van der Waals surface area (Å²) in [7, 11) is -1.26. The van der Waals surface area contributed by atoms with Crippen molar-refractivity contribution < 1.29 is 17.7 Å². The van der Waals surface area contributed by atoms with Gasteiger partial charge in [-0.25, -0.2) is 8.42 Å². The zero-order valence-corrected chi connectivity index (χ0v) is 14.5. The Hall–Kier alpha value is -1.11. The van der Waals surface area contributed by atoms with Gasteiger partial charge in [-0.05, 0) is 43.3 Å². The molecule has 6 heteroatoms. The second kappa shape index (κ2) is 6.77. The van der Waals surface area contributed by atoms with E-state index in [2.05, 4.69) is 15.9 Å². The summed E-state index contributed by atoms with van der Waals surface area (Å²) in [6.07, 6.45) is 0. The summed E-state index contributed by atoms with van der Waals surface area (Å²) in [5, 5.41) is 0. The Morgan fingerprint density at radius 1 is 1.14 bits per heavy atom. The summed E-state index contributed by atoms with van der Waals surface area (Å²) in [5.41, 5.74) is 0. The number of benzene rings is 1. The Kier molecular flexibility index (Phi) is 5.24. The number of furan rings is 1. The van der Waals surface area contributed by atoms with Crippen molar-refractivity contribution in [1.82, 2.24) is 0 Å². The SMILES string of the molecule is Cc1ccc(C[NH+](C)CCS(=O)(=O)c2ccc(Br)cc2)o1. The van der Waals surface area contributed by atoms with Crippen molar-refractivity contribution in [3.05, 3.63) is 52.4 Å². The molecular weight excluding hydrogens is 354 g/mol. The average molecular weight is 373 g/mol. The Labute approximate surface area is 133 Å². The normalized spacial score (nSPS) is 13.3. The van der Waals surface area contributed by atoms with E-state index in [1.807, 2.05) is 26.1 Å². The molecule has 4 nitrogen and oxygen atoms in total. The lowest BCUT2D eigenvalue weighted by Crippen LogP contribution is -3.08. The summed E-state index contributed by atoms with van der Waals surface area (Å²) in [4.78, 5) is 1.47. The van der Waals surface area contributed by atoms with Gasteiger partial charge in [0.05, 0.1) is 18.5 Å². The molecule has 0 saturated carbocycles. The molecule has 0 spiro atoms. The molecule has 1 aromatic carbocycles. The monoisotopic (exact) mass is 372 g/mol. The van der Waals surface area contributed by atoms with Gasteiger partial charge in [0.15, 0.2) is 15.6 Å². The van der Waals surface area contributed by atoms with Gasteiger partial charge in [-0.1, -0.05) is 15.9 Å². The standard InChI is InChI=1S/C15H18BrNO3S/c1-12-3-6-14(20-12)11-17(2)9-10-21(18,19)15-7-4-13(16)5-8-15/h3-8H,9-11H2,1-2H3/p+1. The van der Waals surface area contributed by atoms with Crippen molar-refractivity contribution >= 4 is 25.8 Å². The fraction of sp³-hybridized carbons (Fsp3) is 0.333. The topological polar surface area (TPSA) is 51.7 Å². The van der Waals surface area contributed by atoms with Crippen LogP contribution in [0.25, 0.3) is 0 Å². The number of quaternary nitrogens is 1. The highest BCUT2D eigenvalue weighted by atomic mass is 79.9. The van der Waals surface area contributed by atoms with Crippen LogP contribution in [0.2, 0.25) is 0 Å². The maximum Gasteiger partial charge on any atom is 0.183 e. The molecule has 0 aliphatic carbocycles. The van der Waals surface area contributed by atoms with E-state index in [0.717, 1.165) is 20.9 Å². The summed E-state index contributed by atoms with van der Waals surface area (Å²) in [6.45, 7) is 3.12. The first kappa shape index (κ1) is 16.3. The van der Waals surface area contributed by atoms with Gasteiger partial charge < -0.3 is 9.32 Å². The van der Waals surface area contributed by atoms with Crippen LogP contribution >= 0.6 is 15.9 Å². The van der Waals surface area contributed by atoms with Crippen LogP contribution in [-0.2, 0) is 16.4 Å². The van der Waals surface area contributed by atoms with Gasteiger partial charge in [-0.15, -0.1) is 0 Å². The minimum absolute atomic E-state index is 0.125. The quantitative estimate of drug-likeness (QED) is 0.841. The largest absolute Gasteiger partial charge is 0.460 e. The molecule has 21 heavy (non-hydrogen) atoms. The van der Waals surface area contributed by atoms with Crippen molar-refractivity contribution in [3.63, 3.8) is 0 Å². The first-order valence-corrected chi connectivity index (χ1v) is 9.16. The Morgan fingerprint density at radius 2 is 1.81 bits per heavy atom. The third-order valence-electron chi connectivity index (χ3n) is 3.24. The summed E-state index contributed by atoms with van der Waals surface area (Å²) >= 11 is 3.30. The number of rotatable bonds is 6. The molecule has 1 aromatic heterocycles. The fourth-order valence-electron chi connectivity index (χ4n) is 2.03. The van der Waals surface area contributed by atoms with Crippen LogP contribution < -0.4 is 4.90 Å². The average Bonchev–Trinajstić information content (AvgIpc) is 2.82. The number of halogens is 1. The highest BCUT2D eigenvalue weighted by Crippen LogP contribution is 2.15. The minimum atomic E-state index is -3.23. The first-order valence-electron chi connectivity index (χ1n) is 6.72. The summed E-state index contributed by atoms with van der Waals surface area (Å²) in [6, 6.07) is 10.6. The van der Waals surface area contributed by atoms with E-state index in [4.69, 9.17) is 4.42 Å². The summed E-state index contributed by atoms with van der Waals surface area (Å²) in [5.74, 6) is 1.88. The van der Waals surface area contributed by atoms with Crippen LogP contribution in [0.3, 0.4) is 0 Å². The van der Waals surface area contributed by atoms with Crippen LogP contribution in [0.15, 0.2) is 50.2 Å². The van der Waals surface area contributed by atoms with Crippen LogP contribution in [0.5, 0.6) is 0 Å². The summed E-state index contributed by atoms with van der Waals surface area (Å²) < 4.78 is 30.9. The lowest BCUT2D eigenvalue weighted by atomic mass is 10.4. The molecule has 2 aromatic rings. The molecule has 0 fully saturated rings. The van der Waals surface area contributed by atoms with Crippen molar-refractivity contribution in [3.8, 4) is 0 Å². The Bertz CT molecular complexity index is 692. The molecule has 0 radical (unpaired) electrons. The second-order valence-corrected chi connectivity index (χ2v) is 8.19. The molecule has 1 N–H and O–H groups in total. The maximum atomic E-state index is 12.3. The van der Waals surface area contributed by atoms with Gasteiger partial charge >= 0.3 is 0 Å². The van der Waals surface area contributed by atoms with Crippen molar-refractivity contribution in [2.24, 2.45) is 0 Å². The maximum absolute atomic E-state index is 12.3. The van der Waals surface area contributed by atoms with Crippen molar-refractivity contribution in [2.75, 3.05) is 19.3 Å². The second-order valence-electron chi connectivity index (χ2n) is 5.17. The zero-order chi connectivity index (χ0) is 15.5. The molecule has 0 aliphatic rings. The Balaban J connectivity index is 1.93. The highest BCUT2D eigenvalue weighted by Gasteiger charge is 2.17. The van der Waals surface area contributed by atoms with Gasteiger partial charge in [0.1, 0.15) is 18.1 Å². The van der Waals surface area contributed by atoms with Gasteiger partial charge in [-0.2, -0.15) is 0 Å². The van der Waals surface area contributed by atoms with Gasteiger partial charge in [-0.3, -0.25) is 0 Å². The van der Waals surface area contributed by atoms with E-state index < -0.39 is 9.84 Å². The lowest BCUT2D eigenvalue weighted by Gasteiger charge is -2.12. The van der Waals surface area contributed by atoms with Crippen LogP contribution in [0, 0.1) is 6.92 Å². The molecule has 1 atom stereocenters. The number of hydrogen-bond acceptors (Lipinski definition) is 3. The molecule has 0 amide bonds. The number of aryl methyl sites for hydroxylation is 1. The first-order chi connectivity index (χ1) is 9.87. The van der Waals surface area contributed by atoms with E-state index in [1.54, 1.807) is 24.3 Å². The molecule has 0 saturated heterocycles. The van der Waals surface area contributed by atoms with Gasteiger partial charge in [0.25, 0.3) is 0 Å². The molecule has 2 rings (SSSR count). The van der Waals surface area contributed by atoms with Crippen molar-refractivity contribution in [1.29, 1.82) is 0 Å². The third-order valence-corrected chi connectivity index (χ3v) is 5.50. The highest BCUT2D eigenvalue weighted by molar-refractivity contribution is 9.10. The van der Waals surface area contributed by atoms with E-state index in [9.17, 15) is 8.42 Å². The predicted octanol–water partition coefficient (Wildman–Crippen LogP) is 1.84. The van der Waals surface area contributed by atoms with Gasteiger partial charge in [0.2, 0.25) is 0 Å². The molecule has 1 heterocycles. The Morgan fingerprint density at radius 3 is 2.38 bits per heavy atom. The van der Waals surface area contributed by atoms with E-state index in [1.165, 1.54) is 0 Å². The number of nitrogens with one attached hydrogen (secondary N) is 1. The lowest BCUT2D eigenvalue weighted by molar-refractivity contribution is -0.892. The smallest absolute Gasteiger partial charge is 0.183 e. The molecule has 0 aliphatic heterocycles. The van der Waals surface area contributed by atoms with Crippen LogP contribution in [0.1, 0.15) is 11.5 Å². The van der Waals surface area contributed by atoms with Crippen molar-refractivity contribution in [2.45, 2.75) is 18.4 Å². The molecule has 114 valence electrons. The zero-order valence-electron chi connectivity index (χ0n) is 12.1. The molecule has 0 bridgehead atoms. The molecular formula is C15H19BrNO3S+. The fourth-order valence-corrected chi connectivity index (χ4v) is 3.70. The van der Waals surface area contributed by atoms with E-state index in [0.29, 0.717) is 18.0 Å². The van der Waals surface area contributed by atoms with E-state index in [-0.39, 0.29) is 5.75 Å². The number of hydrogen-bond donors (Lipinski definition) is 1. The minimum Gasteiger partial charge on any atom is -0.460 e. The molecule has 1 unspecified atom stereocenters. The van der Waals surface area contributed by atoms with E-state index >= 15 is 0 Å². The predicted molar refractivity (Wildman–Crippen MR) is 85.1 cm³/mol. The van der Waals surface area contributed by atoms with Crippen LogP contribution in [0.4, 0.5) is 0 Å². The third kappa shape index (κ3) is 4.69.